The molecule has 0 spiro atoms. The lowest BCUT2D eigenvalue weighted by molar-refractivity contribution is -0.116. The van der Waals surface area contributed by atoms with Gasteiger partial charge in [0.2, 0.25) is 5.91 Å². The van der Waals surface area contributed by atoms with Crippen LogP contribution in [0.4, 0.5) is 14.5 Å². The predicted octanol–water partition coefficient (Wildman–Crippen LogP) is 5.39. The molecule has 2 amide bonds. The first kappa shape index (κ1) is 29.3. The van der Waals surface area contributed by atoms with Crippen molar-refractivity contribution in [1.29, 1.82) is 0 Å². The number of halogens is 2. The van der Waals surface area contributed by atoms with Crippen molar-refractivity contribution in [3.05, 3.63) is 94.4 Å². The van der Waals surface area contributed by atoms with Crippen molar-refractivity contribution in [3.63, 3.8) is 0 Å². The average molecular weight is 592 g/mol. The first-order valence-corrected chi connectivity index (χ1v) is 14.4. The van der Waals surface area contributed by atoms with Gasteiger partial charge >= 0.3 is 0 Å². The van der Waals surface area contributed by atoms with E-state index in [-0.39, 0.29) is 24.0 Å². The minimum absolute atomic E-state index is 0.0335. The van der Waals surface area contributed by atoms with E-state index in [4.69, 9.17) is 4.74 Å². The van der Waals surface area contributed by atoms with E-state index in [0.29, 0.717) is 66.6 Å². The summed E-state index contributed by atoms with van der Waals surface area (Å²) in [5.41, 5.74) is 2.85. The van der Waals surface area contributed by atoms with Crippen molar-refractivity contribution >= 4 is 29.0 Å². The summed E-state index contributed by atoms with van der Waals surface area (Å²) in [7, 11) is 1.57. The van der Waals surface area contributed by atoms with Gasteiger partial charge in [0.05, 0.1) is 12.8 Å². The van der Waals surface area contributed by atoms with Gasteiger partial charge in [0.25, 0.3) is 5.91 Å². The molecule has 42 heavy (non-hydrogen) atoms. The minimum atomic E-state index is -1.05. The minimum Gasteiger partial charge on any atom is -0.497 e. The Kier molecular flexibility index (Phi) is 9.19. The highest BCUT2D eigenvalue weighted by atomic mass is 32.1. The molecule has 0 unspecified atom stereocenters. The molecule has 0 atom stereocenters. The van der Waals surface area contributed by atoms with Crippen molar-refractivity contribution in [3.8, 4) is 17.0 Å². The predicted molar refractivity (Wildman–Crippen MR) is 157 cm³/mol. The Morgan fingerprint density at radius 1 is 0.952 bits per heavy atom. The third kappa shape index (κ3) is 6.63. The summed E-state index contributed by atoms with van der Waals surface area (Å²) < 4.78 is 38.4. The van der Waals surface area contributed by atoms with E-state index in [0.717, 1.165) is 29.2 Å². The van der Waals surface area contributed by atoms with Gasteiger partial charge in [-0.15, -0.1) is 5.10 Å². The van der Waals surface area contributed by atoms with Crippen molar-refractivity contribution in [2.75, 3.05) is 38.2 Å². The summed E-state index contributed by atoms with van der Waals surface area (Å²) in [4.78, 5) is 32.5. The van der Waals surface area contributed by atoms with E-state index in [2.05, 4.69) is 14.5 Å². The maximum absolute atomic E-state index is 14.6. The van der Waals surface area contributed by atoms with Gasteiger partial charge in [0.1, 0.15) is 16.3 Å². The second-order valence-corrected chi connectivity index (χ2v) is 10.8. The summed E-state index contributed by atoms with van der Waals surface area (Å²) in [5, 5.41) is 4.23. The summed E-state index contributed by atoms with van der Waals surface area (Å²) in [6, 6.07) is 19.3. The molecule has 4 aromatic rings. The second-order valence-electron chi connectivity index (χ2n) is 10.1. The monoisotopic (exact) mass is 591 g/mol. The van der Waals surface area contributed by atoms with Crippen LogP contribution in [0.3, 0.4) is 0 Å². The van der Waals surface area contributed by atoms with Gasteiger partial charge in [-0.25, -0.2) is 8.78 Å². The molecule has 1 aliphatic rings. The Morgan fingerprint density at radius 2 is 1.69 bits per heavy atom. The summed E-state index contributed by atoms with van der Waals surface area (Å²) in [6.07, 6.45) is 0.610. The zero-order valence-electron chi connectivity index (χ0n) is 23.4. The SMILES string of the molecule is COc1ccc(-c2nnsc2C(=O)N2CCN(Cc3ccccc3)CCCN(C(C)=O)c3cc(F)c(F)cc3C2)cc1. The third-order valence-electron chi connectivity index (χ3n) is 7.28. The Hall–Kier alpha value is -4.22. The molecule has 218 valence electrons. The molecule has 0 saturated heterocycles. The number of amides is 2. The van der Waals surface area contributed by atoms with Crippen LogP contribution < -0.4 is 9.64 Å². The lowest BCUT2D eigenvalue weighted by Gasteiger charge is -2.28. The average Bonchev–Trinajstić information content (AvgIpc) is 3.48. The number of carbonyl (C=O) groups excluding carboxylic acids is 2. The normalized spacial score (nSPS) is 14.7. The molecular formula is C31H31F2N5O3S. The topological polar surface area (TPSA) is 78.9 Å². The fourth-order valence-corrected chi connectivity index (χ4v) is 5.76. The number of fused-ring (bicyclic) bond motifs is 1. The van der Waals surface area contributed by atoms with Gasteiger partial charge in [0.15, 0.2) is 11.6 Å². The Balaban J connectivity index is 1.52. The van der Waals surface area contributed by atoms with Gasteiger partial charge in [-0.05, 0) is 59.4 Å². The second kappa shape index (κ2) is 13.2. The van der Waals surface area contributed by atoms with Crippen LogP contribution in [0.1, 0.15) is 34.1 Å². The molecule has 8 nitrogen and oxygen atoms in total. The van der Waals surface area contributed by atoms with Crippen LogP contribution in [0.5, 0.6) is 5.75 Å². The van der Waals surface area contributed by atoms with Gasteiger partial charge < -0.3 is 14.5 Å². The van der Waals surface area contributed by atoms with E-state index >= 15 is 0 Å². The molecule has 0 aliphatic carbocycles. The molecule has 1 aliphatic heterocycles. The molecule has 0 N–H and O–H groups in total. The molecular weight excluding hydrogens is 560 g/mol. The van der Waals surface area contributed by atoms with Crippen molar-refractivity contribution in [2.24, 2.45) is 0 Å². The number of anilines is 1. The smallest absolute Gasteiger partial charge is 0.268 e. The van der Waals surface area contributed by atoms with Crippen molar-refractivity contribution in [2.45, 2.75) is 26.4 Å². The highest BCUT2D eigenvalue weighted by molar-refractivity contribution is 7.08. The number of methoxy groups -OCH3 is 1. The molecule has 0 bridgehead atoms. The lowest BCUT2D eigenvalue weighted by Crippen LogP contribution is -2.38. The van der Waals surface area contributed by atoms with Gasteiger partial charge in [-0.3, -0.25) is 14.5 Å². The summed E-state index contributed by atoms with van der Waals surface area (Å²) >= 11 is 0.982. The summed E-state index contributed by atoms with van der Waals surface area (Å²) in [5.74, 6) is -2.04. The van der Waals surface area contributed by atoms with Gasteiger partial charge in [0, 0.05) is 57.8 Å². The van der Waals surface area contributed by atoms with Gasteiger partial charge in [-0.1, -0.05) is 34.8 Å². The first-order valence-electron chi connectivity index (χ1n) is 13.6. The standard InChI is InChI=1S/C31H31F2N5O3S/c1-21(39)38-14-6-13-36(19-22-7-4-3-5-8-22)15-16-37(20-24-17-26(32)27(33)18-28(24)38)31(40)30-29(34-35-42-30)23-9-11-25(41-2)12-10-23/h3-5,7-12,17-18H,6,13-16,19-20H2,1-2H3. The molecule has 1 aromatic heterocycles. The van der Waals surface area contributed by atoms with E-state index in [1.54, 1.807) is 36.3 Å². The van der Waals surface area contributed by atoms with Crippen LogP contribution in [-0.2, 0) is 17.9 Å². The van der Waals surface area contributed by atoms with E-state index in [1.165, 1.54) is 11.8 Å². The molecule has 0 fully saturated rings. The Bertz CT molecular complexity index is 1550. The van der Waals surface area contributed by atoms with Crippen LogP contribution in [-0.4, -0.2) is 64.5 Å². The van der Waals surface area contributed by atoms with Crippen molar-refractivity contribution < 1.29 is 23.1 Å². The van der Waals surface area contributed by atoms with Crippen LogP contribution in [0.15, 0.2) is 66.7 Å². The van der Waals surface area contributed by atoms with Crippen LogP contribution in [0, 0.1) is 11.6 Å². The fourth-order valence-electron chi connectivity index (χ4n) is 5.10. The van der Waals surface area contributed by atoms with Gasteiger partial charge in [-0.2, -0.15) is 0 Å². The molecule has 2 heterocycles. The summed E-state index contributed by atoms with van der Waals surface area (Å²) in [6.45, 7) is 3.83. The molecule has 5 rings (SSSR count). The Morgan fingerprint density at radius 3 is 2.40 bits per heavy atom. The van der Waals surface area contributed by atoms with Crippen LogP contribution >= 0.6 is 11.5 Å². The number of hydrogen-bond donors (Lipinski definition) is 0. The largest absolute Gasteiger partial charge is 0.497 e. The highest BCUT2D eigenvalue weighted by Crippen LogP contribution is 2.30. The molecule has 0 saturated carbocycles. The number of aromatic nitrogens is 2. The number of hydrogen-bond acceptors (Lipinski definition) is 7. The van der Waals surface area contributed by atoms with E-state index in [9.17, 15) is 18.4 Å². The quantitative estimate of drug-likeness (QED) is 0.310. The zero-order chi connectivity index (χ0) is 29.6. The highest BCUT2D eigenvalue weighted by Gasteiger charge is 2.28. The number of benzene rings is 3. The van der Waals surface area contributed by atoms with Crippen molar-refractivity contribution in [1.82, 2.24) is 19.4 Å². The zero-order valence-corrected chi connectivity index (χ0v) is 24.2. The maximum atomic E-state index is 14.6. The van der Waals surface area contributed by atoms with E-state index in [1.807, 2.05) is 30.3 Å². The van der Waals surface area contributed by atoms with Crippen LogP contribution in [0.2, 0.25) is 0 Å². The number of ether oxygens (including phenoxy) is 1. The first-order chi connectivity index (χ1) is 20.3. The molecule has 11 heteroatoms. The van der Waals surface area contributed by atoms with Crippen LogP contribution in [0.25, 0.3) is 11.3 Å². The molecule has 3 aromatic carbocycles. The lowest BCUT2D eigenvalue weighted by atomic mass is 10.1. The van der Waals surface area contributed by atoms with E-state index < -0.39 is 11.6 Å². The number of nitrogens with zero attached hydrogens (tertiary/aromatic N) is 5. The Labute approximate surface area is 247 Å². The third-order valence-corrected chi connectivity index (χ3v) is 7.99. The molecule has 0 radical (unpaired) electrons. The number of carbonyl (C=O) groups is 2. The fraction of sp³-hybridized carbons (Fsp3) is 0.290. The number of rotatable bonds is 5. The maximum Gasteiger partial charge on any atom is 0.268 e.